The van der Waals surface area contributed by atoms with Crippen LogP contribution in [-0.4, -0.2) is 17.0 Å². The van der Waals surface area contributed by atoms with Crippen molar-refractivity contribution in [2.24, 2.45) is 0 Å². The second-order valence-corrected chi connectivity index (χ2v) is 4.73. The minimum atomic E-state index is 0.470. The van der Waals surface area contributed by atoms with Crippen molar-refractivity contribution in [3.05, 3.63) is 53.1 Å². The Morgan fingerprint density at radius 1 is 1.20 bits per heavy atom. The standard InChI is InChI=1S/C16H21N3O/c1-4-15-16(8-5-12(2)19-15)20-11-14-7-6-13(9-17-3)10-18-14/h5-8,10,17H,4,9,11H2,1-3H3. The van der Waals surface area contributed by atoms with Crippen LogP contribution in [0.15, 0.2) is 30.5 Å². The zero-order valence-electron chi connectivity index (χ0n) is 12.3. The third-order valence-electron chi connectivity index (χ3n) is 3.05. The van der Waals surface area contributed by atoms with Gasteiger partial charge in [0.05, 0.1) is 11.4 Å². The van der Waals surface area contributed by atoms with Gasteiger partial charge >= 0.3 is 0 Å². The molecule has 106 valence electrons. The molecule has 0 bridgehead atoms. The van der Waals surface area contributed by atoms with Gasteiger partial charge in [0.15, 0.2) is 0 Å². The van der Waals surface area contributed by atoms with E-state index < -0.39 is 0 Å². The van der Waals surface area contributed by atoms with E-state index in [2.05, 4.69) is 28.3 Å². The minimum Gasteiger partial charge on any atom is -0.485 e. The fraction of sp³-hybridized carbons (Fsp3) is 0.375. The summed E-state index contributed by atoms with van der Waals surface area (Å²) < 4.78 is 5.83. The van der Waals surface area contributed by atoms with Crippen LogP contribution in [-0.2, 0) is 19.6 Å². The molecule has 0 radical (unpaired) electrons. The molecular weight excluding hydrogens is 250 g/mol. The number of aryl methyl sites for hydroxylation is 2. The largest absolute Gasteiger partial charge is 0.485 e. The van der Waals surface area contributed by atoms with Crippen molar-refractivity contribution in [3.8, 4) is 5.75 Å². The molecule has 0 atom stereocenters. The first kappa shape index (κ1) is 14.5. The number of rotatable bonds is 6. The van der Waals surface area contributed by atoms with Gasteiger partial charge in [-0.3, -0.25) is 9.97 Å². The fourth-order valence-corrected chi connectivity index (χ4v) is 1.98. The van der Waals surface area contributed by atoms with Gasteiger partial charge in [-0.2, -0.15) is 0 Å². The lowest BCUT2D eigenvalue weighted by molar-refractivity contribution is 0.296. The molecule has 0 saturated heterocycles. The predicted molar refractivity (Wildman–Crippen MR) is 79.7 cm³/mol. The topological polar surface area (TPSA) is 47.0 Å². The van der Waals surface area contributed by atoms with E-state index in [9.17, 15) is 0 Å². The van der Waals surface area contributed by atoms with Gasteiger partial charge in [0.1, 0.15) is 12.4 Å². The first-order valence-electron chi connectivity index (χ1n) is 6.90. The summed E-state index contributed by atoms with van der Waals surface area (Å²) in [5.41, 5.74) is 4.11. The van der Waals surface area contributed by atoms with E-state index in [1.807, 2.05) is 38.4 Å². The molecule has 0 aliphatic rings. The highest BCUT2D eigenvalue weighted by molar-refractivity contribution is 5.29. The van der Waals surface area contributed by atoms with Gasteiger partial charge in [0.2, 0.25) is 0 Å². The zero-order chi connectivity index (χ0) is 14.4. The maximum atomic E-state index is 5.83. The smallest absolute Gasteiger partial charge is 0.141 e. The van der Waals surface area contributed by atoms with Gasteiger partial charge in [-0.05, 0) is 44.2 Å². The Morgan fingerprint density at radius 3 is 2.70 bits per heavy atom. The lowest BCUT2D eigenvalue weighted by Crippen LogP contribution is -2.06. The SMILES string of the molecule is CCc1nc(C)ccc1OCc1ccc(CNC)cn1. The molecule has 0 aromatic carbocycles. The zero-order valence-corrected chi connectivity index (χ0v) is 12.3. The van der Waals surface area contributed by atoms with Crippen LogP contribution < -0.4 is 10.1 Å². The Bertz CT molecular complexity index is 552. The molecule has 2 aromatic heterocycles. The second-order valence-electron chi connectivity index (χ2n) is 4.73. The van der Waals surface area contributed by atoms with Gasteiger partial charge in [-0.15, -0.1) is 0 Å². The van der Waals surface area contributed by atoms with Crippen LogP contribution in [0.2, 0.25) is 0 Å². The summed E-state index contributed by atoms with van der Waals surface area (Å²) in [7, 11) is 1.92. The molecule has 0 amide bonds. The second kappa shape index (κ2) is 7.01. The van der Waals surface area contributed by atoms with Gasteiger partial charge < -0.3 is 10.1 Å². The fourth-order valence-electron chi connectivity index (χ4n) is 1.98. The lowest BCUT2D eigenvalue weighted by atomic mass is 10.2. The first-order chi connectivity index (χ1) is 9.72. The number of hydrogen-bond donors (Lipinski definition) is 1. The molecule has 0 aliphatic carbocycles. The van der Waals surface area contributed by atoms with E-state index in [0.717, 1.165) is 35.8 Å². The molecule has 20 heavy (non-hydrogen) atoms. The average Bonchev–Trinajstić information content (AvgIpc) is 2.47. The van der Waals surface area contributed by atoms with Crippen LogP contribution in [0.25, 0.3) is 0 Å². The summed E-state index contributed by atoms with van der Waals surface area (Å²) in [6.45, 7) is 5.37. The van der Waals surface area contributed by atoms with E-state index in [-0.39, 0.29) is 0 Å². The van der Waals surface area contributed by atoms with Crippen LogP contribution >= 0.6 is 0 Å². The number of nitrogens with zero attached hydrogens (tertiary/aromatic N) is 2. The predicted octanol–water partition coefficient (Wildman–Crippen LogP) is 2.65. The molecule has 0 saturated carbocycles. The highest BCUT2D eigenvalue weighted by Crippen LogP contribution is 2.18. The molecule has 0 fully saturated rings. The quantitative estimate of drug-likeness (QED) is 0.877. The van der Waals surface area contributed by atoms with Crippen LogP contribution in [0.4, 0.5) is 0 Å². The highest BCUT2D eigenvalue weighted by Gasteiger charge is 2.05. The summed E-state index contributed by atoms with van der Waals surface area (Å²) in [6, 6.07) is 8.02. The number of nitrogens with one attached hydrogen (secondary N) is 1. The van der Waals surface area contributed by atoms with Crippen molar-refractivity contribution < 1.29 is 4.74 Å². The van der Waals surface area contributed by atoms with Crippen LogP contribution in [0.3, 0.4) is 0 Å². The normalized spacial score (nSPS) is 10.6. The van der Waals surface area contributed by atoms with Crippen molar-refractivity contribution in [2.75, 3.05) is 7.05 Å². The number of hydrogen-bond acceptors (Lipinski definition) is 4. The number of pyridine rings is 2. The van der Waals surface area contributed by atoms with Gasteiger partial charge in [0, 0.05) is 18.4 Å². The molecule has 0 spiro atoms. The molecule has 4 nitrogen and oxygen atoms in total. The number of ether oxygens (including phenoxy) is 1. The van der Waals surface area contributed by atoms with Crippen molar-refractivity contribution in [1.82, 2.24) is 15.3 Å². The molecule has 2 rings (SSSR count). The molecule has 0 unspecified atom stereocenters. The first-order valence-corrected chi connectivity index (χ1v) is 6.90. The highest BCUT2D eigenvalue weighted by atomic mass is 16.5. The lowest BCUT2D eigenvalue weighted by Gasteiger charge is -2.10. The molecule has 0 aliphatic heterocycles. The summed E-state index contributed by atoms with van der Waals surface area (Å²) in [6.07, 6.45) is 2.74. The van der Waals surface area contributed by atoms with Gasteiger partial charge in [0.25, 0.3) is 0 Å². The van der Waals surface area contributed by atoms with Crippen LogP contribution in [0.1, 0.15) is 29.6 Å². The molecular formula is C16H21N3O. The molecule has 2 aromatic rings. The van der Waals surface area contributed by atoms with Gasteiger partial charge in [-0.1, -0.05) is 13.0 Å². The maximum absolute atomic E-state index is 5.83. The summed E-state index contributed by atoms with van der Waals surface area (Å²) >= 11 is 0. The Hall–Kier alpha value is -1.94. The van der Waals surface area contributed by atoms with Crippen molar-refractivity contribution in [2.45, 2.75) is 33.4 Å². The van der Waals surface area contributed by atoms with E-state index >= 15 is 0 Å². The summed E-state index contributed by atoms with van der Waals surface area (Å²) in [5.74, 6) is 0.846. The Morgan fingerprint density at radius 2 is 2.05 bits per heavy atom. The van der Waals surface area contributed by atoms with E-state index in [0.29, 0.717) is 6.61 Å². The molecule has 1 N–H and O–H groups in total. The average molecular weight is 271 g/mol. The summed E-state index contributed by atoms with van der Waals surface area (Å²) in [5, 5.41) is 3.10. The van der Waals surface area contributed by atoms with E-state index in [4.69, 9.17) is 4.74 Å². The van der Waals surface area contributed by atoms with E-state index in [1.165, 1.54) is 5.56 Å². The Labute approximate surface area is 120 Å². The van der Waals surface area contributed by atoms with Crippen molar-refractivity contribution in [1.29, 1.82) is 0 Å². The summed E-state index contributed by atoms with van der Waals surface area (Å²) in [4.78, 5) is 8.89. The van der Waals surface area contributed by atoms with Crippen molar-refractivity contribution in [3.63, 3.8) is 0 Å². The Balaban J connectivity index is 2.01. The van der Waals surface area contributed by atoms with Crippen LogP contribution in [0, 0.1) is 6.92 Å². The Kier molecular flexibility index (Phi) is 5.07. The molecule has 2 heterocycles. The van der Waals surface area contributed by atoms with Gasteiger partial charge in [-0.25, -0.2) is 0 Å². The monoisotopic (exact) mass is 271 g/mol. The molecule has 4 heteroatoms. The third kappa shape index (κ3) is 3.78. The maximum Gasteiger partial charge on any atom is 0.141 e. The minimum absolute atomic E-state index is 0.470. The third-order valence-corrected chi connectivity index (χ3v) is 3.05. The van der Waals surface area contributed by atoms with E-state index in [1.54, 1.807) is 0 Å². The van der Waals surface area contributed by atoms with Crippen LogP contribution in [0.5, 0.6) is 5.75 Å². The number of aromatic nitrogens is 2. The van der Waals surface area contributed by atoms with Crippen molar-refractivity contribution >= 4 is 0 Å².